The van der Waals surface area contributed by atoms with Crippen LogP contribution in [0.4, 0.5) is 0 Å². The van der Waals surface area contributed by atoms with E-state index in [-0.39, 0.29) is 0 Å². The summed E-state index contributed by atoms with van der Waals surface area (Å²) in [4.78, 5) is 11.5. The van der Waals surface area contributed by atoms with Gasteiger partial charge in [0, 0.05) is 20.0 Å². The molecule has 0 N–H and O–H groups in total. The second-order valence-corrected chi connectivity index (χ2v) is 3.90. The zero-order chi connectivity index (χ0) is 10.8. The fourth-order valence-electron chi connectivity index (χ4n) is 1.58. The number of carbonyl (C=O) groups excluding carboxylic acids is 1. The topological polar surface area (TPSA) is 26.3 Å². The van der Waals surface area contributed by atoms with Crippen molar-refractivity contribution in [3.8, 4) is 0 Å². The molecule has 0 spiro atoms. The lowest BCUT2D eigenvalue weighted by molar-refractivity contribution is -0.120. The van der Waals surface area contributed by atoms with Crippen molar-refractivity contribution in [1.82, 2.24) is 0 Å². The summed E-state index contributed by atoms with van der Waals surface area (Å²) in [6, 6.07) is 0. The Hall–Kier alpha value is -0.370. The van der Waals surface area contributed by atoms with Crippen LogP contribution in [-0.2, 0) is 9.53 Å². The van der Waals surface area contributed by atoms with Crippen molar-refractivity contribution >= 4 is 5.78 Å². The van der Waals surface area contributed by atoms with Crippen molar-refractivity contribution in [1.29, 1.82) is 0 Å². The van der Waals surface area contributed by atoms with Crippen molar-refractivity contribution in [2.75, 3.05) is 13.7 Å². The molecule has 1 unspecified atom stereocenters. The second kappa shape index (κ2) is 9.20. The van der Waals surface area contributed by atoms with Crippen molar-refractivity contribution < 1.29 is 9.53 Å². The summed E-state index contributed by atoms with van der Waals surface area (Å²) in [6.45, 7) is 4.94. The Labute approximate surface area is 88.0 Å². The van der Waals surface area contributed by atoms with Gasteiger partial charge in [0.2, 0.25) is 0 Å². The molecule has 1 atom stereocenters. The molecule has 2 nitrogen and oxygen atoms in total. The van der Waals surface area contributed by atoms with Crippen LogP contribution in [-0.4, -0.2) is 19.5 Å². The third-order valence-electron chi connectivity index (χ3n) is 2.64. The lowest BCUT2D eigenvalue weighted by Crippen LogP contribution is -2.09. The molecule has 0 saturated heterocycles. The van der Waals surface area contributed by atoms with E-state index in [0.29, 0.717) is 24.7 Å². The maximum Gasteiger partial charge on any atom is 0.135 e. The van der Waals surface area contributed by atoms with Gasteiger partial charge in [-0.15, -0.1) is 0 Å². The largest absolute Gasteiger partial charge is 0.384 e. The molecule has 0 amide bonds. The first-order chi connectivity index (χ1) is 6.74. The van der Waals surface area contributed by atoms with E-state index in [2.05, 4.69) is 13.8 Å². The maximum absolute atomic E-state index is 11.5. The van der Waals surface area contributed by atoms with E-state index < -0.39 is 0 Å². The number of methoxy groups -OCH3 is 1. The smallest absolute Gasteiger partial charge is 0.135 e. The van der Waals surface area contributed by atoms with Gasteiger partial charge in [0.05, 0.1) is 6.61 Å². The number of hydrogen-bond acceptors (Lipinski definition) is 2. The number of ketones is 1. The fourth-order valence-corrected chi connectivity index (χ4v) is 1.58. The monoisotopic (exact) mass is 200 g/mol. The number of carbonyl (C=O) groups is 1. The number of rotatable bonds is 9. The summed E-state index contributed by atoms with van der Waals surface area (Å²) < 4.78 is 4.89. The normalized spacial score (nSPS) is 12.8. The Morgan fingerprint density at radius 1 is 1.36 bits per heavy atom. The second-order valence-electron chi connectivity index (χ2n) is 3.90. The molecule has 0 bridgehead atoms. The van der Waals surface area contributed by atoms with Crippen LogP contribution >= 0.6 is 0 Å². The van der Waals surface area contributed by atoms with E-state index in [9.17, 15) is 4.79 Å². The van der Waals surface area contributed by atoms with E-state index in [0.717, 1.165) is 12.8 Å². The molecule has 0 aliphatic carbocycles. The van der Waals surface area contributed by atoms with E-state index in [4.69, 9.17) is 4.74 Å². The van der Waals surface area contributed by atoms with Crippen LogP contribution in [0.25, 0.3) is 0 Å². The van der Waals surface area contributed by atoms with Gasteiger partial charge in [0.15, 0.2) is 0 Å². The van der Waals surface area contributed by atoms with E-state index in [1.807, 2.05) is 0 Å². The first-order valence-electron chi connectivity index (χ1n) is 5.75. The molecule has 0 aromatic rings. The van der Waals surface area contributed by atoms with Crippen LogP contribution in [0.1, 0.15) is 52.4 Å². The Morgan fingerprint density at radius 3 is 2.57 bits per heavy atom. The zero-order valence-electron chi connectivity index (χ0n) is 9.84. The lowest BCUT2D eigenvalue weighted by atomic mass is 9.93. The van der Waals surface area contributed by atoms with Crippen molar-refractivity contribution in [2.24, 2.45) is 5.92 Å². The molecular weight excluding hydrogens is 176 g/mol. The fraction of sp³-hybridized carbons (Fsp3) is 0.917. The number of unbranched alkanes of at least 4 members (excludes halogenated alkanes) is 1. The maximum atomic E-state index is 11.5. The van der Waals surface area contributed by atoms with Gasteiger partial charge in [-0.2, -0.15) is 0 Å². The quantitative estimate of drug-likeness (QED) is 0.571. The number of ether oxygens (including phenoxy) is 1. The van der Waals surface area contributed by atoms with Gasteiger partial charge in [0.1, 0.15) is 5.78 Å². The number of hydrogen-bond donors (Lipinski definition) is 0. The molecule has 0 radical (unpaired) electrons. The highest BCUT2D eigenvalue weighted by Crippen LogP contribution is 2.17. The van der Waals surface area contributed by atoms with Gasteiger partial charge in [-0.3, -0.25) is 4.79 Å². The minimum Gasteiger partial charge on any atom is -0.384 e. The molecule has 2 heteroatoms. The summed E-state index contributed by atoms with van der Waals surface area (Å²) in [5.41, 5.74) is 0. The predicted octanol–water partition coefficient (Wildman–Crippen LogP) is 3.20. The summed E-state index contributed by atoms with van der Waals surface area (Å²) in [5, 5.41) is 0. The molecule has 0 aromatic heterocycles. The van der Waals surface area contributed by atoms with Crippen LogP contribution in [0.5, 0.6) is 0 Å². The summed E-state index contributed by atoms with van der Waals surface area (Å²) in [7, 11) is 1.64. The van der Waals surface area contributed by atoms with Gasteiger partial charge in [-0.05, 0) is 5.92 Å². The molecule has 84 valence electrons. The minimum atomic E-state index is 0.356. The van der Waals surface area contributed by atoms with Gasteiger partial charge < -0.3 is 4.74 Å². The molecule has 0 saturated carbocycles. The van der Waals surface area contributed by atoms with Gasteiger partial charge in [-0.25, -0.2) is 0 Å². The van der Waals surface area contributed by atoms with Crippen molar-refractivity contribution in [3.05, 3.63) is 0 Å². The van der Waals surface area contributed by atoms with Crippen LogP contribution in [0.15, 0.2) is 0 Å². The molecule has 0 heterocycles. The Balaban J connectivity index is 3.62. The molecule has 14 heavy (non-hydrogen) atoms. The Kier molecular flexibility index (Phi) is 8.95. The molecule has 0 aromatic carbocycles. The van der Waals surface area contributed by atoms with Gasteiger partial charge in [-0.1, -0.05) is 39.5 Å². The van der Waals surface area contributed by atoms with Crippen LogP contribution in [0.3, 0.4) is 0 Å². The summed E-state index contributed by atoms with van der Waals surface area (Å²) in [5.74, 6) is 0.953. The molecule has 0 rings (SSSR count). The lowest BCUT2D eigenvalue weighted by Gasteiger charge is -2.12. The highest BCUT2D eigenvalue weighted by atomic mass is 16.5. The molecular formula is C12H24O2. The molecule has 0 fully saturated rings. The van der Waals surface area contributed by atoms with Gasteiger partial charge in [0.25, 0.3) is 0 Å². The first-order valence-corrected chi connectivity index (χ1v) is 5.75. The van der Waals surface area contributed by atoms with Crippen molar-refractivity contribution in [3.63, 3.8) is 0 Å². The van der Waals surface area contributed by atoms with E-state index in [1.54, 1.807) is 7.11 Å². The highest BCUT2D eigenvalue weighted by molar-refractivity contribution is 5.78. The molecule has 0 aliphatic rings. The summed E-state index contributed by atoms with van der Waals surface area (Å²) in [6.07, 6.45) is 6.13. The zero-order valence-corrected chi connectivity index (χ0v) is 9.84. The third-order valence-corrected chi connectivity index (χ3v) is 2.64. The van der Waals surface area contributed by atoms with Crippen molar-refractivity contribution in [2.45, 2.75) is 52.4 Å². The predicted molar refractivity (Wildman–Crippen MR) is 59.4 cm³/mol. The highest BCUT2D eigenvalue weighted by Gasteiger charge is 2.11. The summed E-state index contributed by atoms with van der Waals surface area (Å²) >= 11 is 0. The van der Waals surface area contributed by atoms with Crippen LogP contribution in [0.2, 0.25) is 0 Å². The Morgan fingerprint density at radius 2 is 2.07 bits per heavy atom. The molecule has 0 aliphatic heterocycles. The van der Waals surface area contributed by atoms with E-state index in [1.165, 1.54) is 19.3 Å². The van der Waals surface area contributed by atoms with Crippen LogP contribution < -0.4 is 0 Å². The van der Waals surface area contributed by atoms with Gasteiger partial charge >= 0.3 is 0 Å². The first kappa shape index (κ1) is 13.6. The van der Waals surface area contributed by atoms with Crippen LogP contribution in [0, 0.1) is 5.92 Å². The number of Topliss-reactive ketones (excluding diaryl/α,β-unsaturated/α-hetero) is 1. The van der Waals surface area contributed by atoms with E-state index >= 15 is 0 Å². The SMILES string of the molecule is CCCCC(CC)CC(=O)CCOC. The third kappa shape index (κ3) is 7.07. The minimum absolute atomic E-state index is 0.356. The standard InChI is InChI=1S/C12H24O2/c1-4-6-7-11(5-2)10-12(13)8-9-14-3/h11H,4-10H2,1-3H3. The Bertz CT molecular complexity index is 143. The average molecular weight is 200 g/mol. The average Bonchev–Trinajstić information content (AvgIpc) is 2.21.